The number of hydrogen-bond donors (Lipinski definition) is 3. The van der Waals surface area contributed by atoms with Crippen LogP contribution in [0.4, 0.5) is 10.5 Å². The molecule has 3 amide bonds. The van der Waals surface area contributed by atoms with Gasteiger partial charge in [-0.05, 0) is 30.2 Å². The summed E-state index contributed by atoms with van der Waals surface area (Å²) in [6.07, 6.45) is 3.56. The van der Waals surface area contributed by atoms with Crippen LogP contribution in [0.2, 0.25) is 0 Å². The van der Waals surface area contributed by atoms with Gasteiger partial charge in [-0.1, -0.05) is 42.5 Å². The van der Waals surface area contributed by atoms with Gasteiger partial charge < -0.3 is 20.5 Å². The van der Waals surface area contributed by atoms with Gasteiger partial charge in [-0.25, -0.2) is 9.78 Å². The predicted octanol–water partition coefficient (Wildman–Crippen LogP) is 3.53. The lowest BCUT2D eigenvalue weighted by Gasteiger charge is -2.22. The van der Waals surface area contributed by atoms with E-state index in [1.54, 1.807) is 6.20 Å². The van der Waals surface area contributed by atoms with Crippen molar-refractivity contribution in [1.82, 2.24) is 20.2 Å². The van der Waals surface area contributed by atoms with Crippen LogP contribution in [0.5, 0.6) is 0 Å². The number of benzene rings is 2. The monoisotopic (exact) mass is 391 g/mol. The first kappa shape index (κ1) is 20.1. The molecule has 7 nitrogen and oxygen atoms in total. The molecule has 0 aliphatic heterocycles. The second-order valence-electron chi connectivity index (χ2n) is 6.89. The number of imidazole rings is 1. The number of aryl methyl sites for hydroxylation is 1. The Morgan fingerprint density at radius 2 is 1.72 bits per heavy atom. The van der Waals surface area contributed by atoms with Crippen LogP contribution in [0.15, 0.2) is 67.0 Å². The fourth-order valence-corrected chi connectivity index (χ4v) is 3.14. The normalized spacial score (nSPS) is 12.7. The van der Waals surface area contributed by atoms with Crippen molar-refractivity contribution in [2.45, 2.75) is 25.9 Å². The van der Waals surface area contributed by atoms with E-state index in [-0.39, 0.29) is 24.0 Å². The largest absolute Gasteiger partial charge is 0.336 e. The minimum absolute atomic E-state index is 0.138. The third-order valence-electron chi connectivity index (χ3n) is 4.58. The van der Waals surface area contributed by atoms with Crippen LogP contribution < -0.4 is 16.0 Å². The first-order valence-corrected chi connectivity index (χ1v) is 9.41. The molecule has 0 saturated heterocycles. The lowest BCUT2D eigenvalue weighted by Crippen LogP contribution is -2.40. The molecule has 2 atom stereocenters. The summed E-state index contributed by atoms with van der Waals surface area (Å²) in [5.74, 6) is 0.605. The van der Waals surface area contributed by atoms with Gasteiger partial charge in [-0.2, -0.15) is 0 Å². The third kappa shape index (κ3) is 5.22. The number of urea groups is 1. The average Bonchev–Trinajstić information content (AvgIpc) is 3.12. The van der Waals surface area contributed by atoms with E-state index >= 15 is 0 Å². The highest BCUT2D eigenvalue weighted by atomic mass is 16.2. The Morgan fingerprint density at radius 3 is 2.38 bits per heavy atom. The van der Waals surface area contributed by atoms with Crippen LogP contribution >= 0.6 is 0 Å². The van der Waals surface area contributed by atoms with Crippen molar-refractivity contribution in [3.8, 4) is 0 Å². The number of amides is 3. The Labute approximate surface area is 170 Å². The van der Waals surface area contributed by atoms with Crippen LogP contribution in [-0.4, -0.2) is 21.5 Å². The molecule has 0 radical (unpaired) electrons. The Balaban J connectivity index is 1.74. The van der Waals surface area contributed by atoms with Crippen molar-refractivity contribution in [3.63, 3.8) is 0 Å². The van der Waals surface area contributed by atoms with Gasteiger partial charge in [-0.15, -0.1) is 0 Å². The summed E-state index contributed by atoms with van der Waals surface area (Å²) in [5, 5.41) is 8.73. The van der Waals surface area contributed by atoms with E-state index in [1.807, 2.05) is 79.3 Å². The highest BCUT2D eigenvalue weighted by Crippen LogP contribution is 2.21. The molecule has 0 fully saturated rings. The second-order valence-corrected chi connectivity index (χ2v) is 6.89. The molecular formula is C22H25N5O2. The third-order valence-corrected chi connectivity index (χ3v) is 4.58. The molecule has 0 saturated carbocycles. The molecular weight excluding hydrogens is 366 g/mol. The number of nitrogens with one attached hydrogen (secondary N) is 3. The molecule has 1 aromatic heterocycles. The van der Waals surface area contributed by atoms with Gasteiger partial charge in [0.15, 0.2) is 0 Å². The molecule has 0 spiro atoms. The van der Waals surface area contributed by atoms with Crippen molar-refractivity contribution in [3.05, 3.63) is 83.9 Å². The van der Waals surface area contributed by atoms with Crippen molar-refractivity contribution in [2.75, 3.05) is 5.32 Å². The number of carbonyl (C=O) groups is 2. The van der Waals surface area contributed by atoms with Gasteiger partial charge in [0.2, 0.25) is 5.91 Å². The van der Waals surface area contributed by atoms with Crippen LogP contribution in [0, 0.1) is 0 Å². The molecule has 0 aliphatic rings. The van der Waals surface area contributed by atoms with Gasteiger partial charge >= 0.3 is 6.03 Å². The fraction of sp³-hybridized carbons (Fsp3) is 0.227. The molecule has 0 aliphatic carbocycles. The summed E-state index contributed by atoms with van der Waals surface area (Å²) in [4.78, 5) is 28.4. The quantitative estimate of drug-likeness (QED) is 0.601. The number of carbonyl (C=O) groups excluding carboxylic acids is 2. The van der Waals surface area contributed by atoms with Crippen molar-refractivity contribution < 1.29 is 9.59 Å². The van der Waals surface area contributed by atoms with Gasteiger partial charge in [0.05, 0.1) is 6.04 Å². The Hall–Kier alpha value is -3.61. The van der Waals surface area contributed by atoms with E-state index in [4.69, 9.17) is 0 Å². The summed E-state index contributed by atoms with van der Waals surface area (Å²) in [5.41, 5.74) is 2.52. The highest BCUT2D eigenvalue weighted by molar-refractivity contribution is 5.88. The molecule has 2 aromatic carbocycles. The lowest BCUT2D eigenvalue weighted by atomic mass is 10.1. The minimum atomic E-state index is -0.380. The Morgan fingerprint density at radius 1 is 1.00 bits per heavy atom. The zero-order valence-corrected chi connectivity index (χ0v) is 16.7. The van der Waals surface area contributed by atoms with E-state index in [1.165, 1.54) is 6.92 Å². The SMILES string of the molecule is CC(=O)Nc1cccc(C(C)NC(=O)NC(c2ccccc2)c2nccn2C)c1. The maximum Gasteiger partial charge on any atom is 0.316 e. The van der Waals surface area contributed by atoms with Crippen LogP contribution in [-0.2, 0) is 11.8 Å². The molecule has 3 aromatic rings. The first-order valence-electron chi connectivity index (χ1n) is 9.41. The van der Waals surface area contributed by atoms with Gasteiger partial charge in [0, 0.05) is 32.1 Å². The minimum Gasteiger partial charge on any atom is -0.336 e. The molecule has 3 N–H and O–H groups in total. The zero-order chi connectivity index (χ0) is 20.8. The first-order chi connectivity index (χ1) is 13.9. The molecule has 7 heteroatoms. The van der Waals surface area contributed by atoms with Gasteiger partial charge in [-0.3, -0.25) is 4.79 Å². The summed E-state index contributed by atoms with van der Waals surface area (Å²) in [7, 11) is 1.90. The smallest absolute Gasteiger partial charge is 0.316 e. The molecule has 3 rings (SSSR count). The summed E-state index contributed by atoms with van der Waals surface area (Å²) >= 11 is 0. The van der Waals surface area contributed by atoms with Crippen LogP contribution in [0.25, 0.3) is 0 Å². The maximum atomic E-state index is 12.8. The van der Waals surface area contributed by atoms with Gasteiger partial charge in [0.1, 0.15) is 11.9 Å². The highest BCUT2D eigenvalue weighted by Gasteiger charge is 2.21. The summed E-state index contributed by atoms with van der Waals surface area (Å²) in [6, 6.07) is 16.2. The molecule has 29 heavy (non-hydrogen) atoms. The lowest BCUT2D eigenvalue weighted by molar-refractivity contribution is -0.114. The van der Waals surface area contributed by atoms with E-state index in [0.29, 0.717) is 5.69 Å². The van der Waals surface area contributed by atoms with Crippen molar-refractivity contribution >= 4 is 17.6 Å². The maximum absolute atomic E-state index is 12.8. The fourth-order valence-electron chi connectivity index (χ4n) is 3.14. The predicted molar refractivity (Wildman–Crippen MR) is 112 cm³/mol. The van der Waals surface area contributed by atoms with E-state index in [0.717, 1.165) is 17.0 Å². The molecule has 0 bridgehead atoms. The second kappa shape index (κ2) is 9.05. The van der Waals surface area contributed by atoms with E-state index in [2.05, 4.69) is 20.9 Å². The zero-order valence-electron chi connectivity index (χ0n) is 16.7. The van der Waals surface area contributed by atoms with Crippen molar-refractivity contribution in [2.24, 2.45) is 7.05 Å². The van der Waals surface area contributed by atoms with Crippen LogP contribution in [0.3, 0.4) is 0 Å². The number of nitrogens with zero attached hydrogens (tertiary/aromatic N) is 2. The van der Waals surface area contributed by atoms with Crippen molar-refractivity contribution in [1.29, 1.82) is 0 Å². The molecule has 1 heterocycles. The Kier molecular flexibility index (Phi) is 6.29. The average molecular weight is 391 g/mol. The van der Waals surface area contributed by atoms with Gasteiger partial charge in [0.25, 0.3) is 0 Å². The van der Waals surface area contributed by atoms with E-state index < -0.39 is 0 Å². The standard InChI is InChI=1S/C22H25N5O2/c1-15(18-10-7-11-19(14-18)25-16(2)28)24-22(29)26-20(17-8-5-4-6-9-17)21-23-12-13-27(21)3/h4-15,20H,1-3H3,(H,25,28)(H2,24,26,29). The molecule has 150 valence electrons. The number of rotatable bonds is 6. The summed E-state index contributed by atoms with van der Waals surface area (Å²) in [6.45, 7) is 3.36. The number of anilines is 1. The van der Waals surface area contributed by atoms with E-state index in [9.17, 15) is 9.59 Å². The van der Waals surface area contributed by atoms with Crippen LogP contribution in [0.1, 0.15) is 42.9 Å². The Bertz CT molecular complexity index is 984. The number of aromatic nitrogens is 2. The topological polar surface area (TPSA) is 88.1 Å². The number of hydrogen-bond acceptors (Lipinski definition) is 3. The molecule has 2 unspecified atom stereocenters. The summed E-state index contributed by atoms with van der Waals surface area (Å²) < 4.78 is 1.89.